The first-order valence-corrected chi connectivity index (χ1v) is 17.7. The van der Waals surface area contributed by atoms with Crippen LogP contribution in [0.25, 0.3) is 10.4 Å². The Labute approximate surface area is 291 Å². The molecule has 1 fully saturated rings. The molecule has 0 saturated carbocycles. The molecule has 1 aromatic carbocycles. The van der Waals surface area contributed by atoms with Crippen LogP contribution in [0.3, 0.4) is 0 Å². The minimum atomic E-state index is -1.02. The predicted molar refractivity (Wildman–Crippen MR) is 182 cm³/mol. The first-order chi connectivity index (χ1) is 23.8. The van der Waals surface area contributed by atoms with Gasteiger partial charge in [-0.05, 0) is 37.3 Å². The summed E-state index contributed by atoms with van der Waals surface area (Å²) in [5, 5.41) is 14.3. The number of carbonyl (C=O) groups is 4. The van der Waals surface area contributed by atoms with Crippen LogP contribution in [0.15, 0.2) is 29.8 Å². The first kappa shape index (κ1) is 40.0. The summed E-state index contributed by atoms with van der Waals surface area (Å²) in [4.78, 5) is 56.9. The average molecular weight is 707 g/mol. The highest BCUT2D eigenvalue weighted by atomic mass is 32.1. The van der Waals surface area contributed by atoms with Crippen molar-refractivity contribution in [3.63, 3.8) is 0 Å². The van der Waals surface area contributed by atoms with Crippen molar-refractivity contribution in [1.29, 1.82) is 0 Å². The number of ether oxygens (including phenoxy) is 5. The molecule has 3 N–H and O–H groups in total. The summed E-state index contributed by atoms with van der Waals surface area (Å²) >= 11 is 1.59. The molecule has 3 rings (SSSR count). The monoisotopic (exact) mass is 706 g/mol. The van der Waals surface area contributed by atoms with E-state index in [-0.39, 0.29) is 51.5 Å². The van der Waals surface area contributed by atoms with Crippen molar-refractivity contribution >= 4 is 35.0 Å². The molecule has 15 heteroatoms. The maximum Gasteiger partial charge on any atom is 0.329 e. The normalized spacial score (nSPS) is 14.9. The molecule has 1 aromatic heterocycles. The molecular weight excluding hydrogens is 656 g/mol. The van der Waals surface area contributed by atoms with Crippen LogP contribution in [-0.4, -0.2) is 123 Å². The number of carbonyl (C=O) groups excluding carboxylic acids is 3. The van der Waals surface area contributed by atoms with E-state index in [0.717, 1.165) is 34.5 Å². The minimum Gasteiger partial charge on any atom is -0.480 e. The summed E-state index contributed by atoms with van der Waals surface area (Å²) in [6, 6.07) is 6.70. The van der Waals surface area contributed by atoms with Gasteiger partial charge >= 0.3 is 5.97 Å². The fraction of sp³-hybridized carbons (Fsp3) is 0.618. The van der Waals surface area contributed by atoms with Crippen molar-refractivity contribution in [2.75, 3.05) is 72.6 Å². The van der Waals surface area contributed by atoms with Crippen LogP contribution in [0.1, 0.15) is 50.3 Å². The lowest BCUT2D eigenvalue weighted by Gasteiger charge is -2.29. The Morgan fingerprint density at radius 2 is 1.55 bits per heavy atom. The van der Waals surface area contributed by atoms with Gasteiger partial charge in [0.2, 0.25) is 17.7 Å². The molecule has 0 unspecified atom stereocenters. The van der Waals surface area contributed by atoms with Crippen LogP contribution in [0.5, 0.6) is 0 Å². The smallest absolute Gasteiger partial charge is 0.329 e. The van der Waals surface area contributed by atoms with Crippen LogP contribution in [0, 0.1) is 6.92 Å². The molecular formula is C34H50N4O10S. The third-order valence-electron chi connectivity index (χ3n) is 7.69. The molecule has 1 aliphatic heterocycles. The van der Waals surface area contributed by atoms with Gasteiger partial charge in [0.1, 0.15) is 25.3 Å². The molecule has 14 nitrogen and oxygen atoms in total. The van der Waals surface area contributed by atoms with Crippen LogP contribution >= 0.6 is 11.3 Å². The second kappa shape index (κ2) is 23.0. The Balaban J connectivity index is 1.32. The SMILES string of the molecule is CCCC[C@H](NC(=O)COCCOCCOCCOCCOCC(=O)O)C(=O)N1CCC[C@H]1C(=O)NCc1ccc(-c2scnc2C)cc1. The summed E-state index contributed by atoms with van der Waals surface area (Å²) in [5.74, 6) is -1.87. The van der Waals surface area contributed by atoms with E-state index >= 15 is 0 Å². The number of nitrogens with one attached hydrogen (secondary N) is 2. The standard InChI is InChI=1S/C34H50N4O10S/c1-3-4-6-28(37-30(39)22-47-19-17-45-15-13-44-14-16-46-18-20-48-23-31(40)41)34(43)38-12-5-7-29(38)33(42)35-21-26-8-10-27(11-9-26)32-25(2)36-24-49-32/h8-11,24,28-29H,3-7,12-23H2,1-2H3,(H,35,42)(H,37,39)(H,40,41)/t28-,29-/m0/s1. The van der Waals surface area contributed by atoms with Crippen molar-refractivity contribution in [2.24, 2.45) is 0 Å². The van der Waals surface area contributed by atoms with Crippen LogP contribution in [0.4, 0.5) is 0 Å². The largest absolute Gasteiger partial charge is 0.480 e. The Kier molecular flexibility index (Phi) is 18.8. The molecule has 2 aromatic rings. The highest BCUT2D eigenvalue weighted by Crippen LogP contribution is 2.27. The highest BCUT2D eigenvalue weighted by Gasteiger charge is 2.37. The number of hydrogen-bond acceptors (Lipinski definition) is 11. The van der Waals surface area contributed by atoms with E-state index in [9.17, 15) is 19.2 Å². The van der Waals surface area contributed by atoms with E-state index in [4.69, 9.17) is 28.8 Å². The van der Waals surface area contributed by atoms with E-state index in [1.165, 1.54) is 0 Å². The summed E-state index contributed by atoms with van der Waals surface area (Å²) in [7, 11) is 0. The van der Waals surface area contributed by atoms with Crippen molar-refractivity contribution in [3.8, 4) is 10.4 Å². The van der Waals surface area contributed by atoms with Gasteiger partial charge < -0.3 is 44.3 Å². The van der Waals surface area contributed by atoms with Gasteiger partial charge in [-0.1, -0.05) is 44.0 Å². The van der Waals surface area contributed by atoms with Gasteiger partial charge in [0.05, 0.1) is 68.9 Å². The Bertz CT molecular complexity index is 1290. The van der Waals surface area contributed by atoms with Crippen molar-refractivity contribution in [1.82, 2.24) is 20.5 Å². The quantitative estimate of drug-likeness (QED) is 0.130. The number of thiazole rings is 1. The number of rotatable bonds is 25. The summed E-state index contributed by atoms with van der Waals surface area (Å²) < 4.78 is 26.4. The topological polar surface area (TPSA) is 175 Å². The molecule has 272 valence electrons. The number of aryl methyl sites for hydroxylation is 1. The number of aromatic nitrogens is 1. The van der Waals surface area contributed by atoms with Crippen molar-refractivity contribution in [2.45, 2.75) is 64.6 Å². The fourth-order valence-corrected chi connectivity index (χ4v) is 5.98. The van der Waals surface area contributed by atoms with Crippen LogP contribution in [0.2, 0.25) is 0 Å². The van der Waals surface area contributed by atoms with Gasteiger partial charge in [-0.15, -0.1) is 11.3 Å². The molecule has 0 spiro atoms. The maximum absolute atomic E-state index is 13.6. The number of likely N-dealkylation sites (tertiary alicyclic amines) is 1. The number of carboxylic acid groups (broad SMARTS) is 1. The molecule has 0 aliphatic carbocycles. The molecule has 2 atom stereocenters. The summed E-state index contributed by atoms with van der Waals surface area (Å²) in [6.07, 6.45) is 3.38. The van der Waals surface area contributed by atoms with E-state index in [1.54, 1.807) is 16.2 Å². The van der Waals surface area contributed by atoms with Crippen molar-refractivity contribution < 1.29 is 48.0 Å². The van der Waals surface area contributed by atoms with Gasteiger partial charge in [-0.25, -0.2) is 9.78 Å². The minimum absolute atomic E-state index is 0.197. The van der Waals surface area contributed by atoms with Gasteiger partial charge in [-0.2, -0.15) is 0 Å². The second-order valence-corrected chi connectivity index (χ2v) is 12.3. The Hall–Kier alpha value is -3.47. The van der Waals surface area contributed by atoms with Gasteiger partial charge in [0.15, 0.2) is 0 Å². The zero-order valence-electron chi connectivity index (χ0n) is 28.5. The van der Waals surface area contributed by atoms with Crippen LogP contribution < -0.4 is 10.6 Å². The number of hydrogen-bond donors (Lipinski definition) is 3. The van der Waals surface area contributed by atoms with E-state index in [2.05, 4.69) is 15.6 Å². The van der Waals surface area contributed by atoms with Gasteiger partial charge in [-0.3, -0.25) is 14.4 Å². The van der Waals surface area contributed by atoms with Gasteiger partial charge in [0, 0.05) is 13.1 Å². The number of unbranched alkanes of at least 4 members (excludes halogenated alkanes) is 1. The average Bonchev–Trinajstić information content (AvgIpc) is 3.76. The third kappa shape index (κ3) is 14.9. The molecule has 0 bridgehead atoms. The zero-order chi connectivity index (χ0) is 35.3. The second-order valence-electron chi connectivity index (χ2n) is 11.5. The lowest BCUT2D eigenvalue weighted by Crippen LogP contribution is -2.53. The Morgan fingerprint density at radius 1 is 0.939 bits per heavy atom. The maximum atomic E-state index is 13.6. The third-order valence-corrected chi connectivity index (χ3v) is 8.67. The Morgan fingerprint density at radius 3 is 2.12 bits per heavy atom. The zero-order valence-corrected chi connectivity index (χ0v) is 29.3. The summed E-state index contributed by atoms with van der Waals surface area (Å²) in [6.45, 7) is 6.63. The number of carboxylic acids is 1. The summed E-state index contributed by atoms with van der Waals surface area (Å²) in [5.41, 5.74) is 4.86. The van der Waals surface area contributed by atoms with E-state index < -0.39 is 24.0 Å². The number of nitrogens with zero attached hydrogens (tertiary/aromatic N) is 2. The van der Waals surface area contributed by atoms with Crippen molar-refractivity contribution in [3.05, 3.63) is 41.0 Å². The highest BCUT2D eigenvalue weighted by molar-refractivity contribution is 7.13. The lowest BCUT2D eigenvalue weighted by molar-refractivity contribution is -0.142. The molecule has 1 aliphatic rings. The molecule has 2 heterocycles. The number of amides is 3. The number of aliphatic carboxylic acids is 1. The number of benzene rings is 1. The van der Waals surface area contributed by atoms with Gasteiger partial charge in [0.25, 0.3) is 0 Å². The molecule has 3 amide bonds. The lowest BCUT2D eigenvalue weighted by atomic mass is 10.1. The molecule has 49 heavy (non-hydrogen) atoms. The molecule has 1 saturated heterocycles. The van der Waals surface area contributed by atoms with Crippen LogP contribution in [-0.2, 0) is 49.4 Å². The van der Waals surface area contributed by atoms with E-state index in [1.807, 2.05) is 43.6 Å². The fourth-order valence-electron chi connectivity index (χ4n) is 5.17. The predicted octanol–water partition coefficient (Wildman–Crippen LogP) is 2.57. The van der Waals surface area contributed by atoms with E-state index in [0.29, 0.717) is 58.8 Å². The first-order valence-electron chi connectivity index (χ1n) is 16.8. The molecule has 0 radical (unpaired) electrons.